The number of ether oxygens (including phenoxy) is 1. The van der Waals surface area contributed by atoms with E-state index in [1.165, 1.54) is 0 Å². The molecule has 0 spiro atoms. The van der Waals surface area contributed by atoms with Crippen molar-refractivity contribution in [3.8, 4) is 6.01 Å². The first-order valence-corrected chi connectivity index (χ1v) is 6.74. The molecule has 0 aliphatic rings. The Morgan fingerprint density at radius 1 is 1.32 bits per heavy atom. The van der Waals surface area contributed by atoms with Crippen molar-refractivity contribution < 1.29 is 9.84 Å². The third-order valence-electron chi connectivity index (χ3n) is 2.54. The fourth-order valence-corrected chi connectivity index (χ4v) is 1.53. The molecule has 0 aromatic carbocycles. The van der Waals surface area contributed by atoms with E-state index < -0.39 is 0 Å². The lowest BCUT2D eigenvalue weighted by atomic mass is 9.90. The van der Waals surface area contributed by atoms with Crippen molar-refractivity contribution in [2.75, 3.05) is 25.1 Å². The number of nitrogens with one attached hydrogen (secondary N) is 1. The van der Waals surface area contributed by atoms with Crippen molar-refractivity contribution in [3.63, 3.8) is 0 Å². The van der Waals surface area contributed by atoms with Crippen LogP contribution in [0.4, 0.5) is 5.95 Å². The van der Waals surface area contributed by atoms with E-state index in [1.54, 1.807) is 0 Å². The molecule has 0 unspecified atom stereocenters. The highest BCUT2D eigenvalue weighted by molar-refractivity contribution is 6.28. The molecular weight excluding hydrogens is 268 g/mol. The van der Waals surface area contributed by atoms with Gasteiger partial charge in [0, 0.05) is 13.2 Å². The Morgan fingerprint density at radius 2 is 2.05 bits per heavy atom. The summed E-state index contributed by atoms with van der Waals surface area (Å²) in [5.41, 5.74) is -0.0572. The Kier molecular flexibility index (Phi) is 6.24. The molecule has 108 valence electrons. The number of aliphatic hydroxyl groups excluding tert-OH is 1. The summed E-state index contributed by atoms with van der Waals surface area (Å²) in [7, 11) is 0. The summed E-state index contributed by atoms with van der Waals surface area (Å²) in [6.07, 6.45) is 1.56. The molecule has 0 aliphatic carbocycles. The first kappa shape index (κ1) is 15.9. The van der Waals surface area contributed by atoms with Crippen LogP contribution in [0.3, 0.4) is 0 Å². The molecule has 2 N–H and O–H groups in total. The highest BCUT2D eigenvalue weighted by Gasteiger charge is 2.17. The van der Waals surface area contributed by atoms with E-state index in [0.717, 1.165) is 6.42 Å². The summed E-state index contributed by atoms with van der Waals surface area (Å²) in [6, 6.07) is 0.226. The normalized spacial score (nSPS) is 11.4. The van der Waals surface area contributed by atoms with Gasteiger partial charge in [0.1, 0.15) is 0 Å². The minimum Gasteiger partial charge on any atom is -0.463 e. The first-order valence-electron chi connectivity index (χ1n) is 6.36. The first-order chi connectivity index (χ1) is 8.96. The van der Waals surface area contributed by atoms with Gasteiger partial charge in [0.15, 0.2) is 0 Å². The van der Waals surface area contributed by atoms with Crippen molar-refractivity contribution in [1.82, 2.24) is 15.0 Å². The third kappa shape index (κ3) is 6.02. The smallest absolute Gasteiger partial charge is 0.322 e. The maximum absolute atomic E-state index is 8.97. The average Bonchev–Trinajstić information content (AvgIpc) is 2.33. The van der Waals surface area contributed by atoms with Crippen LogP contribution in [0.1, 0.15) is 33.6 Å². The van der Waals surface area contributed by atoms with Crippen molar-refractivity contribution in [3.05, 3.63) is 5.28 Å². The molecule has 0 bridgehead atoms. The maximum atomic E-state index is 8.97. The van der Waals surface area contributed by atoms with E-state index in [9.17, 15) is 0 Å². The van der Waals surface area contributed by atoms with Crippen LogP contribution >= 0.6 is 11.6 Å². The summed E-state index contributed by atoms with van der Waals surface area (Å²) in [5, 5.41) is 12.2. The van der Waals surface area contributed by atoms with Crippen LogP contribution < -0.4 is 10.1 Å². The van der Waals surface area contributed by atoms with Crippen molar-refractivity contribution in [2.24, 2.45) is 5.41 Å². The lowest BCUT2D eigenvalue weighted by molar-refractivity contribution is 0.219. The molecular formula is C12H21ClN4O2. The molecule has 6 nitrogen and oxygen atoms in total. The second-order valence-corrected chi connectivity index (χ2v) is 5.39. The SMILES string of the molecule is CCCOc1nc(Cl)nc(NCC(C)(C)CCO)n1. The van der Waals surface area contributed by atoms with E-state index in [0.29, 0.717) is 25.5 Å². The number of anilines is 1. The maximum Gasteiger partial charge on any atom is 0.322 e. The standard InChI is InChI=1S/C12H21ClN4O2/c1-4-7-19-11-16-9(13)15-10(17-11)14-8-12(2,3)5-6-18/h18H,4-8H2,1-3H3,(H,14,15,16,17). The molecule has 1 aromatic rings. The number of nitrogens with zero attached hydrogens (tertiary/aromatic N) is 3. The summed E-state index contributed by atoms with van der Waals surface area (Å²) < 4.78 is 5.33. The summed E-state index contributed by atoms with van der Waals surface area (Å²) in [6.45, 7) is 7.41. The van der Waals surface area contributed by atoms with Gasteiger partial charge in [-0.15, -0.1) is 0 Å². The Labute approximate surface area is 118 Å². The predicted molar refractivity (Wildman–Crippen MR) is 74.6 cm³/mol. The fourth-order valence-electron chi connectivity index (χ4n) is 1.38. The quantitative estimate of drug-likeness (QED) is 0.763. The number of hydrogen-bond acceptors (Lipinski definition) is 6. The molecule has 0 saturated heterocycles. The molecule has 1 heterocycles. The van der Waals surface area contributed by atoms with Gasteiger partial charge in [0.25, 0.3) is 0 Å². The molecule has 19 heavy (non-hydrogen) atoms. The van der Waals surface area contributed by atoms with Gasteiger partial charge < -0.3 is 15.2 Å². The van der Waals surface area contributed by atoms with E-state index in [4.69, 9.17) is 21.4 Å². The second-order valence-electron chi connectivity index (χ2n) is 5.05. The topological polar surface area (TPSA) is 80.2 Å². The highest BCUT2D eigenvalue weighted by atomic mass is 35.5. The number of rotatable bonds is 8. The number of aromatic nitrogens is 3. The molecule has 0 atom stereocenters. The lowest BCUT2D eigenvalue weighted by Crippen LogP contribution is -2.25. The molecule has 0 aliphatic heterocycles. The Hall–Kier alpha value is -1.14. The zero-order valence-corrected chi connectivity index (χ0v) is 12.4. The van der Waals surface area contributed by atoms with Crippen LogP contribution in [-0.2, 0) is 0 Å². The molecule has 7 heteroatoms. The number of aliphatic hydroxyl groups is 1. The minimum absolute atomic E-state index is 0.0572. The van der Waals surface area contributed by atoms with Gasteiger partial charge in [0.2, 0.25) is 11.2 Å². The van der Waals surface area contributed by atoms with Crippen molar-refractivity contribution >= 4 is 17.5 Å². The van der Waals surface area contributed by atoms with Gasteiger partial charge in [-0.25, -0.2) is 0 Å². The van der Waals surface area contributed by atoms with Crippen molar-refractivity contribution in [2.45, 2.75) is 33.6 Å². The van der Waals surface area contributed by atoms with Gasteiger partial charge in [-0.1, -0.05) is 20.8 Å². The lowest BCUT2D eigenvalue weighted by Gasteiger charge is -2.23. The van der Waals surface area contributed by atoms with Crippen LogP contribution in [0.2, 0.25) is 5.28 Å². The van der Waals surface area contributed by atoms with Gasteiger partial charge in [-0.2, -0.15) is 15.0 Å². The average molecular weight is 289 g/mol. The second kappa shape index (κ2) is 7.45. The zero-order chi connectivity index (χ0) is 14.3. The van der Waals surface area contributed by atoms with Crippen LogP contribution in [-0.4, -0.2) is 39.8 Å². The van der Waals surface area contributed by atoms with E-state index >= 15 is 0 Å². The van der Waals surface area contributed by atoms with Gasteiger partial charge in [-0.05, 0) is 29.9 Å². The highest BCUT2D eigenvalue weighted by Crippen LogP contribution is 2.20. The summed E-state index contributed by atoms with van der Waals surface area (Å²) in [4.78, 5) is 12.0. The number of hydrogen-bond donors (Lipinski definition) is 2. The van der Waals surface area contributed by atoms with Gasteiger partial charge in [-0.3, -0.25) is 0 Å². The van der Waals surface area contributed by atoms with Gasteiger partial charge in [0.05, 0.1) is 6.61 Å². The Bertz CT molecular complexity index is 401. The van der Waals surface area contributed by atoms with E-state index in [1.807, 2.05) is 20.8 Å². The van der Waals surface area contributed by atoms with Crippen LogP contribution in [0.25, 0.3) is 0 Å². The zero-order valence-electron chi connectivity index (χ0n) is 11.6. The van der Waals surface area contributed by atoms with Crippen molar-refractivity contribution in [1.29, 1.82) is 0 Å². The fraction of sp³-hybridized carbons (Fsp3) is 0.750. The number of halogens is 1. The Balaban J connectivity index is 2.65. The minimum atomic E-state index is -0.0572. The predicted octanol–water partition coefficient (Wildman–Crippen LogP) is 2.13. The molecule has 0 fully saturated rings. The monoisotopic (exact) mass is 288 g/mol. The van der Waals surface area contributed by atoms with Crippen LogP contribution in [0, 0.1) is 5.41 Å². The van der Waals surface area contributed by atoms with Gasteiger partial charge >= 0.3 is 6.01 Å². The molecule has 1 aromatic heterocycles. The summed E-state index contributed by atoms with van der Waals surface area (Å²) in [5.74, 6) is 0.386. The van der Waals surface area contributed by atoms with E-state index in [-0.39, 0.29) is 23.3 Å². The van der Waals surface area contributed by atoms with Crippen LogP contribution in [0.15, 0.2) is 0 Å². The molecule has 0 amide bonds. The molecule has 0 saturated carbocycles. The van der Waals surface area contributed by atoms with Crippen LogP contribution in [0.5, 0.6) is 6.01 Å². The Morgan fingerprint density at radius 3 is 2.68 bits per heavy atom. The third-order valence-corrected chi connectivity index (χ3v) is 2.71. The summed E-state index contributed by atoms with van der Waals surface area (Å²) >= 11 is 5.82. The largest absolute Gasteiger partial charge is 0.463 e. The van der Waals surface area contributed by atoms with E-state index in [2.05, 4.69) is 20.3 Å². The molecule has 1 rings (SSSR count). The molecule has 0 radical (unpaired) electrons.